The zero-order chi connectivity index (χ0) is 14.8. The molecule has 0 aliphatic carbocycles. The van der Waals surface area contributed by atoms with Crippen molar-refractivity contribution in [1.29, 1.82) is 0 Å². The molecule has 2 N–H and O–H groups in total. The first-order chi connectivity index (χ1) is 10.2. The van der Waals surface area contributed by atoms with Gasteiger partial charge in [0.25, 0.3) is 5.91 Å². The number of rotatable bonds is 3. The fraction of sp³-hybridized carbons (Fsp3) is 0.214. The van der Waals surface area contributed by atoms with Gasteiger partial charge in [-0.2, -0.15) is 0 Å². The minimum absolute atomic E-state index is 0.0215. The summed E-state index contributed by atoms with van der Waals surface area (Å²) < 4.78 is 6.62. The monoisotopic (exact) mass is 348 g/mol. The first kappa shape index (κ1) is 13.8. The lowest BCUT2D eigenvalue weighted by atomic mass is 10.1. The number of nitrogens with one attached hydrogen (secondary N) is 2. The van der Waals surface area contributed by atoms with Crippen molar-refractivity contribution in [1.82, 2.24) is 15.3 Å². The quantitative estimate of drug-likeness (QED) is 0.888. The molecule has 0 bridgehead atoms. The summed E-state index contributed by atoms with van der Waals surface area (Å²) in [6.45, 7) is 0.512. The van der Waals surface area contributed by atoms with Crippen LogP contribution in [-0.2, 0) is 0 Å². The minimum atomic E-state index is -0.267. The topological polar surface area (TPSA) is 76.1 Å². The van der Waals surface area contributed by atoms with Crippen molar-refractivity contribution in [3.63, 3.8) is 0 Å². The van der Waals surface area contributed by atoms with E-state index in [2.05, 4.69) is 36.5 Å². The Hall–Kier alpha value is -2.15. The largest absolute Gasteiger partial charge is 0.491 e. The Morgan fingerprint density at radius 3 is 3.10 bits per heavy atom. The van der Waals surface area contributed by atoms with E-state index >= 15 is 0 Å². The van der Waals surface area contributed by atoms with Crippen molar-refractivity contribution < 1.29 is 9.53 Å². The molecule has 1 aliphatic heterocycles. The summed E-state index contributed by atoms with van der Waals surface area (Å²) in [6.07, 6.45) is 3.02. The average Bonchev–Trinajstić information content (AvgIpc) is 2.89. The number of benzene rings is 1. The Morgan fingerprint density at radius 1 is 1.43 bits per heavy atom. The van der Waals surface area contributed by atoms with Crippen LogP contribution >= 0.6 is 15.9 Å². The number of anilines is 1. The lowest BCUT2D eigenvalue weighted by molar-refractivity contribution is 0.0958. The van der Waals surface area contributed by atoms with Crippen molar-refractivity contribution in [2.24, 2.45) is 0 Å². The van der Waals surface area contributed by atoms with Crippen molar-refractivity contribution in [2.45, 2.75) is 6.04 Å². The molecule has 1 unspecified atom stereocenters. The van der Waals surface area contributed by atoms with E-state index in [1.807, 2.05) is 18.2 Å². The van der Waals surface area contributed by atoms with Crippen molar-refractivity contribution in [3.05, 3.63) is 46.3 Å². The molecule has 1 atom stereocenters. The van der Waals surface area contributed by atoms with Crippen LogP contribution in [0.3, 0.4) is 0 Å². The fourth-order valence-corrected chi connectivity index (χ4v) is 2.54. The van der Waals surface area contributed by atoms with E-state index in [-0.39, 0.29) is 17.6 Å². The molecule has 0 saturated heterocycles. The molecule has 1 aliphatic rings. The average molecular weight is 349 g/mol. The maximum Gasteiger partial charge on any atom is 0.271 e. The molecule has 0 radical (unpaired) electrons. The predicted octanol–water partition coefficient (Wildman–Crippen LogP) is 2.14. The summed E-state index contributed by atoms with van der Waals surface area (Å²) in [5.41, 5.74) is 1.33. The number of hydrogen-bond acceptors (Lipinski definition) is 5. The van der Waals surface area contributed by atoms with Crippen LogP contribution in [0.5, 0.6) is 5.75 Å². The molecule has 0 fully saturated rings. The molecule has 7 heteroatoms. The Kier molecular flexibility index (Phi) is 3.74. The summed E-state index contributed by atoms with van der Waals surface area (Å²) in [5, 5.41) is 5.77. The third-order valence-corrected chi connectivity index (χ3v) is 3.66. The van der Waals surface area contributed by atoms with E-state index in [0.717, 1.165) is 15.8 Å². The number of nitrogens with zero attached hydrogens (tertiary/aromatic N) is 2. The summed E-state index contributed by atoms with van der Waals surface area (Å²) in [5.74, 6) is 1.13. The van der Waals surface area contributed by atoms with Gasteiger partial charge in [-0.25, -0.2) is 4.98 Å². The lowest BCUT2D eigenvalue weighted by Crippen LogP contribution is -2.20. The lowest BCUT2D eigenvalue weighted by Gasteiger charge is -2.12. The van der Waals surface area contributed by atoms with Gasteiger partial charge in [-0.15, -0.1) is 0 Å². The zero-order valence-electron chi connectivity index (χ0n) is 11.3. The maximum absolute atomic E-state index is 11.6. The third kappa shape index (κ3) is 2.82. The van der Waals surface area contributed by atoms with E-state index in [1.54, 1.807) is 13.2 Å². The summed E-state index contributed by atoms with van der Waals surface area (Å²) in [4.78, 5) is 19.9. The molecule has 1 aromatic carbocycles. The van der Waals surface area contributed by atoms with E-state index in [4.69, 9.17) is 4.74 Å². The van der Waals surface area contributed by atoms with Crippen LogP contribution in [0.2, 0.25) is 0 Å². The van der Waals surface area contributed by atoms with Gasteiger partial charge in [-0.1, -0.05) is 15.9 Å². The molecule has 1 amide bonds. The molecule has 1 aromatic heterocycles. The molecule has 2 aromatic rings. The number of aromatic nitrogens is 2. The molecule has 0 saturated carbocycles. The number of carbonyl (C=O) groups is 1. The van der Waals surface area contributed by atoms with E-state index in [1.165, 1.54) is 6.20 Å². The molecule has 108 valence electrons. The highest BCUT2D eigenvalue weighted by Gasteiger charge is 2.24. The highest BCUT2D eigenvalue weighted by atomic mass is 79.9. The first-order valence-electron chi connectivity index (χ1n) is 6.40. The third-order valence-electron chi connectivity index (χ3n) is 3.17. The van der Waals surface area contributed by atoms with E-state index in [9.17, 15) is 4.79 Å². The second-order valence-electron chi connectivity index (χ2n) is 4.56. The second-order valence-corrected chi connectivity index (χ2v) is 5.47. The van der Waals surface area contributed by atoms with Gasteiger partial charge in [0.2, 0.25) is 0 Å². The molecular weight excluding hydrogens is 336 g/mol. The first-order valence-corrected chi connectivity index (χ1v) is 7.19. The van der Waals surface area contributed by atoms with Crippen LogP contribution in [-0.4, -0.2) is 29.5 Å². The smallest absolute Gasteiger partial charge is 0.271 e. The van der Waals surface area contributed by atoms with Gasteiger partial charge in [0.15, 0.2) is 0 Å². The van der Waals surface area contributed by atoms with Crippen LogP contribution in [0.25, 0.3) is 0 Å². The Bertz CT molecular complexity index is 692. The van der Waals surface area contributed by atoms with E-state index in [0.29, 0.717) is 12.4 Å². The molecule has 0 spiro atoms. The number of amides is 1. The molecule has 2 heterocycles. The zero-order valence-corrected chi connectivity index (χ0v) is 12.8. The number of carbonyl (C=O) groups excluding carboxylic acids is 1. The molecular formula is C14H13BrN4O2. The van der Waals surface area contributed by atoms with Gasteiger partial charge < -0.3 is 15.4 Å². The summed E-state index contributed by atoms with van der Waals surface area (Å²) >= 11 is 3.45. The van der Waals surface area contributed by atoms with Gasteiger partial charge in [-0.05, 0) is 18.2 Å². The Balaban J connectivity index is 1.83. The van der Waals surface area contributed by atoms with Gasteiger partial charge in [0.1, 0.15) is 23.9 Å². The van der Waals surface area contributed by atoms with Gasteiger partial charge in [0.05, 0.1) is 18.4 Å². The number of halogens is 1. The molecule has 6 nitrogen and oxygen atoms in total. The van der Waals surface area contributed by atoms with Crippen molar-refractivity contribution in [2.75, 3.05) is 19.0 Å². The molecule has 21 heavy (non-hydrogen) atoms. The van der Waals surface area contributed by atoms with Gasteiger partial charge in [0, 0.05) is 17.1 Å². The van der Waals surface area contributed by atoms with Crippen LogP contribution in [0.15, 0.2) is 35.1 Å². The van der Waals surface area contributed by atoms with Crippen molar-refractivity contribution in [3.8, 4) is 5.75 Å². The van der Waals surface area contributed by atoms with Crippen LogP contribution in [0.1, 0.15) is 22.1 Å². The highest BCUT2D eigenvalue weighted by molar-refractivity contribution is 9.10. The highest BCUT2D eigenvalue weighted by Crippen LogP contribution is 2.35. The normalized spacial score (nSPS) is 16.0. The fourth-order valence-electron chi connectivity index (χ4n) is 2.16. The number of hydrogen-bond donors (Lipinski definition) is 2. The SMILES string of the molecule is CNC(=O)c1cncc(NC2COc3ccc(Br)cc32)n1. The summed E-state index contributed by atoms with van der Waals surface area (Å²) in [7, 11) is 1.56. The van der Waals surface area contributed by atoms with Crippen LogP contribution in [0.4, 0.5) is 5.82 Å². The maximum atomic E-state index is 11.6. The molecule has 3 rings (SSSR count). The van der Waals surface area contributed by atoms with Crippen molar-refractivity contribution >= 4 is 27.7 Å². The standard InChI is InChI=1S/C14H13BrN4O2/c1-16-14(20)10-5-17-6-13(18-10)19-11-7-21-12-3-2-8(15)4-9(11)12/h2-6,11H,7H2,1H3,(H,16,20)(H,18,19). The Labute approximate surface area is 130 Å². The Morgan fingerprint density at radius 2 is 2.29 bits per heavy atom. The van der Waals surface area contributed by atoms with Crippen LogP contribution in [0, 0.1) is 0 Å². The predicted molar refractivity (Wildman–Crippen MR) is 81.4 cm³/mol. The van der Waals surface area contributed by atoms with E-state index < -0.39 is 0 Å². The second kappa shape index (κ2) is 5.69. The summed E-state index contributed by atoms with van der Waals surface area (Å²) in [6, 6.07) is 5.85. The minimum Gasteiger partial charge on any atom is -0.491 e. The number of fused-ring (bicyclic) bond motifs is 1. The number of ether oxygens (including phenoxy) is 1. The van der Waals surface area contributed by atoms with Gasteiger partial charge >= 0.3 is 0 Å². The van der Waals surface area contributed by atoms with Crippen LogP contribution < -0.4 is 15.4 Å². The van der Waals surface area contributed by atoms with Gasteiger partial charge in [-0.3, -0.25) is 9.78 Å².